The van der Waals surface area contributed by atoms with Crippen molar-refractivity contribution in [3.8, 4) is 0 Å². The van der Waals surface area contributed by atoms with E-state index in [1.807, 2.05) is 39.0 Å². The van der Waals surface area contributed by atoms with Gasteiger partial charge in [0.05, 0.1) is 0 Å². The number of nitrogens with zero attached hydrogens (tertiary/aromatic N) is 1. The van der Waals surface area contributed by atoms with Gasteiger partial charge in [0.25, 0.3) is 0 Å². The number of hydrogen-bond donors (Lipinski definition) is 1. The number of nitrogens with one attached hydrogen (secondary N) is 1. The summed E-state index contributed by atoms with van der Waals surface area (Å²) in [5, 5.41) is 2.97. The SMILES string of the molecule is CCNc1nc(Sc2cc(C)ccc2C)c(F)cc1F. The Kier molecular flexibility index (Phi) is 4.60. The number of rotatable bonds is 4. The number of anilines is 1. The number of halogens is 2. The van der Waals surface area contributed by atoms with Gasteiger partial charge in [-0.15, -0.1) is 0 Å². The zero-order chi connectivity index (χ0) is 14.7. The lowest BCUT2D eigenvalue weighted by Crippen LogP contribution is -2.04. The molecule has 1 heterocycles. The maximum Gasteiger partial charge on any atom is 0.168 e. The molecule has 1 aromatic carbocycles. The van der Waals surface area contributed by atoms with Crippen molar-refractivity contribution < 1.29 is 8.78 Å². The first-order valence-corrected chi connectivity index (χ1v) is 7.18. The number of hydrogen-bond acceptors (Lipinski definition) is 3. The Morgan fingerprint density at radius 3 is 2.60 bits per heavy atom. The quantitative estimate of drug-likeness (QED) is 0.894. The van der Waals surface area contributed by atoms with Gasteiger partial charge in [-0.2, -0.15) is 0 Å². The van der Waals surface area contributed by atoms with Crippen LogP contribution in [0.25, 0.3) is 0 Å². The molecule has 2 aromatic rings. The molecule has 106 valence electrons. The summed E-state index contributed by atoms with van der Waals surface area (Å²) in [5.74, 6) is -1.23. The van der Waals surface area contributed by atoms with Crippen LogP contribution in [0.15, 0.2) is 34.2 Å². The van der Waals surface area contributed by atoms with E-state index >= 15 is 0 Å². The highest BCUT2D eigenvalue weighted by Crippen LogP contribution is 2.32. The van der Waals surface area contributed by atoms with E-state index in [0.717, 1.165) is 22.1 Å². The summed E-state index contributed by atoms with van der Waals surface area (Å²) in [6.07, 6.45) is 0. The fourth-order valence-corrected chi connectivity index (χ4v) is 2.71. The van der Waals surface area contributed by atoms with Crippen molar-refractivity contribution in [1.82, 2.24) is 4.98 Å². The number of aryl methyl sites for hydroxylation is 2. The molecule has 0 saturated heterocycles. The fraction of sp³-hybridized carbons (Fsp3) is 0.267. The second kappa shape index (κ2) is 6.22. The lowest BCUT2D eigenvalue weighted by molar-refractivity contribution is 0.551. The lowest BCUT2D eigenvalue weighted by Gasteiger charge is -2.10. The first-order chi connectivity index (χ1) is 9.51. The summed E-state index contributed by atoms with van der Waals surface area (Å²) in [5.41, 5.74) is 2.13. The number of aromatic nitrogens is 1. The molecule has 1 N–H and O–H groups in total. The smallest absolute Gasteiger partial charge is 0.168 e. The van der Waals surface area contributed by atoms with Crippen LogP contribution in [0.4, 0.5) is 14.6 Å². The topological polar surface area (TPSA) is 24.9 Å². The molecule has 20 heavy (non-hydrogen) atoms. The third-order valence-electron chi connectivity index (χ3n) is 2.79. The molecule has 0 unspecified atom stereocenters. The maximum absolute atomic E-state index is 13.8. The predicted octanol–water partition coefficient (Wildman–Crippen LogP) is 4.56. The van der Waals surface area contributed by atoms with Gasteiger partial charge in [-0.3, -0.25) is 0 Å². The minimum atomic E-state index is -0.672. The van der Waals surface area contributed by atoms with Crippen molar-refractivity contribution in [2.75, 3.05) is 11.9 Å². The average molecular weight is 294 g/mol. The van der Waals surface area contributed by atoms with Crippen molar-refractivity contribution in [1.29, 1.82) is 0 Å². The first-order valence-electron chi connectivity index (χ1n) is 6.36. The fourth-order valence-electron chi connectivity index (χ4n) is 1.73. The highest BCUT2D eigenvalue weighted by atomic mass is 32.2. The van der Waals surface area contributed by atoms with Gasteiger partial charge in [0.1, 0.15) is 5.03 Å². The average Bonchev–Trinajstić information content (AvgIpc) is 2.39. The second-order valence-electron chi connectivity index (χ2n) is 4.51. The van der Waals surface area contributed by atoms with Crippen LogP contribution in [-0.2, 0) is 0 Å². The predicted molar refractivity (Wildman–Crippen MR) is 78.4 cm³/mol. The Labute approximate surface area is 121 Å². The highest BCUT2D eigenvalue weighted by molar-refractivity contribution is 7.99. The van der Waals surface area contributed by atoms with Gasteiger partial charge in [-0.1, -0.05) is 23.9 Å². The van der Waals surface area contributed by atoms with Crippen molar-refractivity contribution in [3.05, 3.63) is 47.0 Å². The molecule has 0 saturated carbocycles. The standard InChI is InChI=1S/C15H16F2N2S/c1-4-18-14-11(16)8-12(17)15(19-14)20-13-7-9(2)5-6-10(13)3/h5-8H,4H2,1-3H3,(H,18,19). The van der Waals surface area contributed by atoms with Crippen molar-refractivity contribution in [2.24, 2.45) is 0 Å². The van der Waals surface area contributed by atoms with Gasteiger partial charge >= 0.3 is 0 Å². The Morgan fingerprint density at radius 1 is 1.15 bits per heavy atom. The zero-order valence-electron chi connectivity index (χ0n) is 11.6. The summed E-state index contributed by atoms with van der Waals surface area (Å²) >= 11 is 1.21. The minimum Gasteiger partial charge on any atom is -0.368 e. The Bertz CT molecular complexity index is 630. The van der Waals surface area contributed by atoms with Crippen LogP contribution in [0.1, 0.15) is 18.1 Å². The van der Waals surface area contributed by atoms with Gasteiger partial charge in [0.2, 0.25) is 0 Å². The van der Waals surface area contributed by atoms with Gasteiger partial charge in [0.15, 0.2) is 17.5 Å². The molecule has 2 nitrogen and oxygen atoms in total. The van der Waals surface area contributed by atoms with Crippen LogP contribution < -0.4 is 5.32 Å². The summed E-state index contributed by atoms with van der Waals surface area (Å²) < 4.78 is 27.4. The summed E-state index contributed by atoms with van der Waals surface area (Å²) in [6.45, 7) is 6.29. The van der Waals surface area contributed by atoms with E-state index in [-0.39, 0.29) is 10.8 Å². The minimum absolute atomic E-state index is 0.0849. The lowest BCUT2D eigenvalue weighted by atomic mass is 10.2. The summed E-state index contributed by atoms with van der Waals surface area (Å²) in [4.78, 5) is 4.95. The third kappa shape index (κ3) is 3.28. The van der Waals surface area contributed by atoms with E-state index in [2.05, 4.69) is 10.3 Å². The van der Waals surface area contributed by atoms with Gasteiger partial charge in [-0.05, 0) is 38.0 Å². The monoisotopic (exact) mass is 294 g/mol. The van der Waals surface area contributed by atoms with Gasteiger partial charge in [0, 0.05) is 17.5 Å². The van der Waals surface area contributed by atoms with Crippen LogP contribution >= 0.6 is 11.8 Å². The molecular weight excluding hydrogens is 278 g/mol. The summed E-state index contributed by atoms with van der Waals surface area (Å²) in [7, 11) is 0. The van der Waals surface area contributed by atoms with Crippen molar-refractivity contribution in [2.45, 2.75) is 30.7 Å². The Hall–Kier alpha value is -1.62. The van der Waals surface area contributed by atoms with Gasteiger partial charge in [-0.25, -0.2) is 13.8 Å². The molecule has 5 heteroatoms. The zero-order valence-corrected chi connectivity index (χ0v) is 12.4. The molecular formula is C15H16F2N2S. The Morgan fingerprint density at radius 2 is 1.90 bits per heavy atom. The molecule has 1 aromatic heterocycles. The summed E-state index contributed by atoms with van der Waals surface area (Å²) in [6, 6.07) is 6.82. The molecule has 2 rings (SSSR count). The normalized spacial score (nSPS) is 10.7. The first kappa shape index (κ1) is 14.8. The van der Waals surface area contributed by atoms with Crippen LogP contribution in [0.3, 0.4) is 0 Å². The molecule has 0 fully saturated rings. The second-order valence-corrected chi connectivity index (χ2v) is 5.54. The van der Waals surface area contributed by atoms with Crippen molar-refractivity contribution >= 4 is 17.6 Å². The van der Waals surface area contributed by atoms with E-state index in [4.69, 9.17) is 0 Å². The van der Waals surface area contributed by atoms with Gasteiger partial charge < -0.3 is 5.32 Å². The van der Waals surface area contributed by atoms with E-state index in [0.29, 0.717) is 6.54 Å². The van der Waals surface area contributed by atoms with Crippen LogP contribution in [-0.4, -0.2) is 11.5 Å². The molecule has 0 atom stereocenters. The van der Waals surface area contributed by atoms with E-state index in [1.165, 1.54) is 11.8 Å². The molecule has 0 aliphatic rings. The van der Waals surface area contributed by atoms with E-state index in [9.17, 15) is 8.78 Å². The molecule has 0 amide bonds. The number of benzene rings is 1. The van der Waals surface area contributed by atoms with Crippen LogP contribution in [0, 0.1) is 25.5 Å². The third-order valence-corrected chi connectivity index (χ3v) is 3.93. The molecule has 0 spiro atoms. The molecule has 0 aliphatic heterocycles. The van der Waals surface area contributed by atoms with Crippen LogP contribution in [0.5, 0.6) is 0 Å². The largest absolute Gasteiger partial charge is 0.368 e. The maximum atomic E-state index is 13.8. The molecule has 0 bridgehead atoms. The van der Waals surface area contributed by atoms with E-state index in [1.54, 1.807) is 0 Å². The van der Waals surface area contributed by atoms with E-state index < -0.39 is 11.6 Å². The Balaban J connectivity index is 2.37. The highest BCUT2D eigenvalue weighted by Gasteiger charge is 2.13. The van der Waals surface area contributed by atoms with Crippen molar-refractivity contribution in [3.63, 3.8) is 0 Å². The van der Waals surface area contributed by atoms with Crippen LogP contribution in [0.2, 0.25) is 0 Å². The molecule has 0 aliphatic carbocycles. The number of pyridine rings is 1. The molecule has 0 radical (unpaired) electrons.